The maximum Gasteiger partial charge on any atom is 0.244 e. The fourth-order valence-corrected chi connectivity index (χ4v) is 3.24. The van der Waals surface area contributed by atoms with Crippen molar-refractivity contribution in [1.29, 1.82) is 0 Å². The summed E-state index contributed by atoms with van der Waals surface area (Å²) in [7, 11) is 0. The van der Waals surface area contributed by atoms with E-state index in [0.717, 1.165) is 33.9 Å². The van der Waals surface area contributed by atoms with Crippen molar-refractivity contribution in [2.45, 2.75) is 26.1 Å². The molecule has 24 heavy (non-hydrogen) atoms. The lowest BCUT2D eigenvalue weighted by atomic mass is 10.1. The Morgan fingerprint density at radius 1 is 1.17 bits per heavy atom. The number of anilines is 1. The molecule has 0 saturated carbocycles. The van der Waals surface area contributed by atoms with Crippen molar-refractivity contribution in [2.24, 2.45) is 0 Å². The van der Waals surface area contributed by atoms with Crippen LogP contribution in [-0.2, 0) is 17.1 Å². The summed E-state index contributed by atoms with van der Waals surface area (Å²) >= 11 is 1.70. The standard InChI is InChI=1S/C19H21N3OS/c1-13-7-6-9-15(14(13)2)21-19(23)11-22-17-10-5-4-8-16(17)20-18(22)12-24-3/h4-10H,11-12H2,1-3H3,(H,21,23). The van der Waals surface area contributed by atoms with Crippen molar-refractivity contribution in [2.75, 3.05) is 11.6 Å². The second-order valence-corrected chi connectivity index (χ2v) is 6.70. The molecule has 1 aromatic heterocycles. The summed E-state index contributed by atoms with van der Waals surface area (Å²) in [6, 6.07) is 13.9. The van der Waals surface area contributed by atoms with E-state index >= 15 is 0 Å². The molecule has 0 saturated heterocycles. The van der Waals surface area contributed by atoms with Gasteiger partial charge in [-0.1, -0.05) is 24.3 Å². The van der Waals surface area contributed by atoms with Gasteiger partial charge in [-0.3, -0.25) is 4.79 Å². The first-order chi connectivity index (χ1) is 11.6. The molecule has 4 nitrogen and oxygen atoms in total. The summed E-state index contributed by atoms with van der Waals surface area (Å²) in [5.41, 5.74) is 5.07. The molecule has 0 bridgehead atoms. The number of nitrogens with zero attached hydrogens (tertiary/aromatic N) is 2. The van der Waals surface area contributed by atoms with Gasteiger partial charge in [0.25, 0.3) is 0 Å². The Morgan fingerprint density at radius 2 is 1.96 bits per heavy atom. The number of carbonyl (C=O) groups is 1. The number of hydrogen-bond donors (Lipinski definition) is 1. The number of thioether (sulfide) groups is 1. The molecule has 0 aliphatic rings. The van der Waals surface area contributed by atoms with Gasteiger partial charge >= 0.3 is 0 Å². The molecule has 2 aromatic carbocycles. The third-order valence-electron chi connectivity index (χ3n) is 4.19. The van der Waals surface area contributed by atoms with Crippen molar-refractivity contribution in [3.63, 3.8) is 0 Å². The number of rotatable bonds is 5. The molecule has 0 aliphatic heterocycles. The zero-order valence-electron chi connectivity index (χ0n) is 14.2. The molecule has 5 heteroatoms. The zero-order chi connectivity index (χ0) is 17.1. The molecule has 0 radical (unpaired) electrons. The maximum absolute atomic E-state index is 12.6. The number of aryl methyl sites for hydroxylation is 1. The van der Waals surface area contributed by atoms with Gasteiger partial charge in [0, 0.05) is 5.69 Å². The summed E-state index contributed by atoms with van der Waals surface area (Å²) in [5.74, 6) is 1.68. The molecule has 3 aromatic rings. The van der Waals surface area contributed by atoms with Gasteiger partial charge in [-0.15, -0.1) is 0 Å². The molecular formula is C19H21N3OS. The summed E-state index contributed by atoms with van der Waals surface area (Å²) in [6.07, 6.45) is 2.04. The van der Waals surface area contributed by atoms with Crippen LogP contribution in [0, 0.1) is 13.8 Å². The minimum atomic E-state index is -0.0331. The van der Waals surface area contributed by atoms with Gasteiger partial charge in [0.15, 0.2) is 0 Å². The van der Waals surface area contributed by atoms with E-state index in [9.17, 15) is 4.79 Å². The maximum atomic E-state index is 12.6. The molecule has 0 fully saturated rings. The average molecular weight is 339 g/mol. The lowest BCUT2D eigenvalue weighted by Gasteiger charge is -2.12. The third-order valence-corrected chi connectivity index (χ3v) is 4.73. The lowest BCUT2D eigenvalue weighted by Crippen LogP contribution is -2.20. The highest BCUT2D eigenvalue weighted by Gasteiger charge is 2.14. The quantitative estimate of drug-likeness (QED) is 0.759. The fourth-order valence-electron chi connectivity index (χ4n) is 2.76. The monoisotopic (exact) mass is 339 g/mol. The number of para-hydroxylation sites is 2. The van der Waals surface area contributed by atoms with Gasteiger partial charge in [0.1, 0.15) is 12.4 Å². The molecular weight excluding hydrogens is 318 g/mol. The number of imidazole rings is 1. The number of benzene rings is 2. The smallest absolute Gasteiger partial charge is 0.244 e. The Morgan fingerprint density at radius 3 is 2.75 bits per heavy atom. The van der Waals surface area contributed by atoms with Crippen LogP contribution in [-0.4, -0.2) is 21.7 Å². The first kappa shape index (κ1) is 16.6. The van der Waals surface area contributed by atoms with Crippen LogP contribution < -0.4 is 5.32 Å². The average Bonchev–Trinajstić information content (AvgIpc) is 2.90. The van der Waals surface area contributed by atoms with Crippen molar-refractivity contribution in [3.05, 3.63) is 59.4 Å². The number of hydrogen-bond acceptors (Lipinski definition) is 3. The van der Waals surface area contributed by atoms with Crippen LogP contribution in [0.1, 0.15) is 17.0 Å². The largest absolute Gasteiger partial charge is 0.324 e. The van der Waals surface area contributed by atoms with Gasteiger partial charge in [-0.25, -0.2) is 4.98 Å². The predicted octanol–water partition coefficient (Wildman–Crippen LogP) is 4.15. The van der Waals surface area contributed by atoms with Crippen LogP contribution in [0.3, 0.4) is 0 Å². The van der Waals surface area contributed by atoms with E-state index in [2.05, 4.69) is 10.3 Å². The van der Waals surface area contributed by atoms with Crippen LogP contribution in [0.5, 0.6) is 0 Å². The summed E-state index contributed by atoms with van der Waals surface area (Å²) in [4.78, 5) is 17.2. The van der Waals surface area contributed by atoms with E-state index in [0.29, 0.717) is 0 Å². The number of nitrogens with one attached hydrogen (secondary N) is 1. The van der Waals surface area contributed by atoms with Crippen LogP contribution in [0.2, 0.25) is 0 Å². The molecule has 3 rings (SSSR count). The molecule has 1 amide bonds. The molecule has 0 spiro atoms. The van der Waals surface area contributed by atoms with E-state index in [4.69, 9.17) is 0 Å². The summed E-state index contributed by atoms with van der Waals surface area (Å²) < 4.78 is 2.01. The highest BCUT2D eigenvalue weighted by Crippen LogP contribution is 2.21. The highest BCUT2D eigenvalue weighted by molar-refractivity contribution is 7.97. The second kappa shape index (κ2) is 7.09. The Bertz CT molecular complexity index is 885. The van der Waals surface area contributed by atoms with Crippen LogP contribution >= 0.6 is 11.8 Å². The summed E-state index contributed by atoms with van der Waals surface area (Å²) in [6.45, 7) is 4.34. The number of aromatic nitrogens is 2. The minimum absolute atomic E-state index is 0.0331. The van der Waals surface area contributed by atoms with E-state index in [1.54, 1.807) is 11.8 Å². The van der Waals surface area contributed by atoms with Crippen LogP contribution in [0.25, 0.3) is 11.0 Å². The van der Waals surface area contributed by atoms with Crippen LogP contribution in [0.4, 0.5) is 5.69 Å². The Hall–Kier alpha value is -2.27. The number of fused-ring (bicyclic) bond motifs is 1. The Kier molecular flexibility index (Phi) is 4.90. The van der Waals surface area contributed by atoms with Crippen molar-refractivity contribution < 1.29 is 4.79 Å². The van der Waals surface area contributed by atoms with E-state index in [1.165, 1.54) is 5.56 Å². The van der Waals surface area contributed by atoms with Gasteiger partial charge in [0.2, 0.25) is 5.91 Å². The molecule has 1 heterocycles. The number of amides is 1. The van der Waals surface area contributed by atoms with Crippen LogP contribution in [0.15, 0.2) is 42.5 Å². The SMILES string of the molecule is CSCc1nc2ccccc2n1CC(=O)Nc1cccc(C)c1C. The lowest BCUT2D eigenvalue weighted by molar-refractivity contribution is -0.116. The Balaban J connectivity index is 1.87. The molecule has 1 N–H and O–H groups in total. The summed E-state index contributed by atoms with van der Waals surface area (Å²) in [5, 5.41) is 3.03. The second-order valence-electron chi connectivity index (χ2n) is 5.83. The van der Waals surface area contributed by atoms with Gasteiger partial charge in [-0.05, 0) is 49.4 Å². The predicted molar refractivity (Wildman–Crippen MR) is 101 cm³/mol. The van der Waals surface area contributed by atoms with E-state index in [-0.39, 0.29) is 12.5 Å². The molecule has 0 atom stereocenters. The topological polar surface area (TPSA) is 46.9 Å². The molecule has 124 valence electrons. The first-order valence-electron chi connectivity index (χ1n) is 7.89. The van der Waals surface area contributed by atoms with Gasteiger partial charge in [0.05, 0.1) is 16.8 Å². The number of carbonyl (C=O) groups excluding carboxylic acids is 1. The molecule has 0 unspecified atom stereocenters. The van der Waals surface area contributed by atoms with Crippen molar-refractivity contribution in [3.8, 4) is 0 Å². The third kappa shape index (κ3) is 3.31. The fraction of sp³-hybridized carbons (Fsp3) is 0.263. The van der Waals surface area contributed by atoms with Crippen molar-refractivity contribution >= 4 is 34.4 Å². The highest BCUT2D eigenvalue weighted by atomic mass is 32.2. The first-order valence-corrected chi connectivity index (χ1v) is 9.28. The van der Waals surface area contributed by atoms with Crippen molar-refractivity contribution in [1.82, 2.24) is 9.55 Å². The van der Waals surface area contributed by atoms with Gasteiger partial charge in [-0.2, -0.15) is 11.8 Å². The minimum Gasteiger partial charge on any atom is -0.324 e. The van der Waals surface area contributed by atoms with Gasteiger partial charge < -0.3 is 9.88 Å². The zero-order valence-corrected chi connectivity index (χ0v) is 15.0. The molecule has 0 aliphatic carbocycles. The van der Waals surface area contributed by atoms with E-state index in [1.807, 2.05) is 67.1 Å². The normalized spacial score (nSPS) is 11.0. The Labute approximate surface area is 146 Å². The van der Waals surface area contributed by atoms with E-state index < -0.39 is 0 Å².